The molecule has 17 heavy (non-hydrogen) atoms. The van der Waals surface area contributed by atoms with Gasteiger partial charge in [-0.25, -0.2) is 4.98 Å². The average Bonchev–Trinajstić information content (AvgIpc) is 2.32. The number of pyridine rings is 1. The second kappa shape index (κ2) is 4.80. The van der Waals surface area contributed by atoms with Crippen LogP contribution in [-0.2, 0) is 10.3 Å². The van der Waals surface area contributed by atoms with Gasteiger partial charge in [0.1, 0.15) is 5.82 Å². The first-order valence-electron chi connectivity index (χ1n) is 5.80. The van der Waals surface area contributed by atoms with Gasteiger partial charge in [0.05, 0.1) is 23.3 Å². The number of hydrogen-bond acceptors (Lipinski definition) is 4. The third kappa shape index (κ3) is 2.54. The normalized spacial score (nSPS) is 29.2. The number of nitrogen functional groups attached to an aromatic ring is 1. The van der Waals surface area contributed by atoms with Crippen molar-refractivity contribution in [3.8, 4) is 0 Å². The highest BCUT2D eigenvalue weighted by Crippen LogP contribution is 2.38. The van der Waals surface area contributed by atoms with Gasteiger partial charge in [0.2, 0.25) is 0 Å². The standard InChI is InChI=1S/C12H17ClN2O2/c1-2-9-6-12(16,3-4-17-9)10-5-8(13)7-15-11(10)14/h5,7,9,16H,2-4,6H2,1H3,(H2,14,15). The lowest BCUT2D eigenvalue weighted by Gasteiger charge is -2.37. The van der Waals surface area contributed by atoms with Crippen LogP contribution < -0.4 is 5.73 Å². The summed E-state index contributed by atoms with van der Waals surface area (Å²) < 4.78 is 5.56. The van der Waals surface area contributed by atoms with Crippen LogP contribution in [0.1, 0.15) is 31.7 Å². The van der Waals surface area contributed by atoms with E-state index in [1.165, 1.54) is 6.20 Å². The topological polar surface area (TPSA) is 68.4 Å². The van der Waals surface area contributed by atoms with Crippen molar-refractivity contribution in [1.82, 2.24) is 4.98 Å². The summed E-state index contributed by atoms with van der Waals surface area (Å²) in [5.74, 6) is 0.341. The van der Waals surface area contributed by atoms with Crippen molar-refractivity contribution >= 4 is 17.4 Å². The smallest absolute Gasteiger partial charge is 0.129 e. The van der Waals surface area contributed by atoms with Gasteiger partial charge in [-0.2, -0.15) is 0 Å². The van der Waals surface area contributed by atoms with Crippen molar-refractivity contribution < 1.29 is 9.84 Å². The summed E-state index contributed by atoms with van der Waals surface area (Å²) in [6.07, 6.45) is 3.48. The molecule has 0 amide bonds. The van der Waals surface area contributed by atoms with E-state index in [1.54, 1.807) is 6.07 Å². The molecule has 0 aliphatic carbocycles. The maximum atomic E-state index is 10.7. The molecule has 2 heterocycles. The molecule has 1 aromatic rings. The Kier molecular flexibility index (Phi) is 3.56. The minimum Gasteiger partial charge on any atom is -0.385 e. The van der Waals surface area contributed by atoms with E-state index in [-0.39, 0.29) is 6.10 Å². The van der Waals surface area contributed by atoms with Gasteiger partial charge in [-0.3, -0.25) is 0 Å². The zero-order valence-electron chi connectivity index (χ0n) is 9.82. The Bertz CT molecular complexity index is 413. The molecule has 0 spiro atoms. The average molecular weight is 257 g/mol. The van der Waals surface area contributed by atoms with Gasteiger partial charge in [0.25, 0.3) is 0 Å². The molecule has 3 N–H and O–H groups in total. The number of nitrogens with zero attached hydrogens (tertiary/aromatic N) is 1. The molecule has 1 aromatic heterocycles. The summed E-state index contributed by atoms with van der Waals surface area (Å²) in [7, 11) is 0. The van der Waals surface area contributed by atoms with Crippen LogP contribution in [-0.4, -0.2) is 22.8 Å². The Balaban J connectivity index is 2.33. The zero-order chi connectivity index (χ0) is 12.5. The van der Waals surface area contributed by atoms with E-state index in [2.05, 4.69) is 4.98 Å². The van der Waals surface area contributed by atoms with E-state index < -0.39 is 5.60 Å². The van der Waals surface area contributed by atoms with Crippen molar-refractivity contribution in [3.05, 3.63) is 22.8 Å². The quantitative estimate of drug-likeness (QED) is 0.850. The van der Waals surface area contributed by atoms with E-state index in [0.717, 1.165) is 6.42 Å². The SMILES string of the molecule is CCC1CC(O)(c2cc(Cl)cnc2N)CCO1. The zero-order valence-corrected chi connectivity index (χ0v) is 10.6. The van der Waals surface area contributed by atoms with E-state index in [1.807, 2.05) is 6.92 Å². The molecule has 4 nitrogen and oxygen atoms in total. The second-order valence-electron chi connectivity index (χ2n) is 4.47. The number of nitrogens with two attached hydrogens (primary N) is 1. The fourth-order valence-electron chi connectivity index (χ4n) is 2.26. The molecule has 1 saturated heterocycles. The van der Waals surface area contributed by atoms with Crippen LogP contribution in [0, 0.1) is 0 Å². The van der Waals surface area contributed by atoms with Gasteiger partial charge in [0, 0.05) is 24.6 Å². The lowest BCUT2D eigenvalue weighted by atomic mass is 9.83. The predicted molar refractivity (Wildman–Crippen MR) is 66.8 cm³/mol. The molecule has 2 unspecified atom stereocenters. The number of hydrogen-bond donors (Lipinski definition) is 2. The van der Waals surface area contributed by atoms with E-state index in [4.69, 9.17) is 22.1 Å². The molecule has 2 rings (SSSR count). The summed E-state index contributed by atoms with van der Waals surface area (Å²) in [4.78, 5) is 3.99. The summed E-state index contributed by atoms with van der Waals surface area (Å²) in [5, 5.41) is 11.2. The third-order valence-electron chi connectivity index (χ3n) is 3.28. The third-order valence-corrected chi connectivity index (χ3v) is 3.48. The number of halogens is 1. The van der Waals surface area contributed by atoms with Crippen LogP contribution in [0.25, 0.3) is 0 Å². The highest BCUT2D eigenvalue weighted by atomic mass is 35.5. The molecule has 0 radical (unpaired) electrons. The number of anilines is 1. The van der Waals surface area contributed by atoms with E-state index in [9.17, 15) is 5.11 Å². The van der Waals surface area contributed by atoms with Gasteiger partial charge < -0.3 is 15.6 Å². The van der Waals surface area contributed by atoms with Gasteiger partial charge in [0.15, 0.2) is 0 Å². The largest absolute Gasteiger partial charge is 0.385 e. The van der Waals surface area contributed by atoms with Crippen LogP contribution in [0.2, 0.25) is 5.02 Å². The fraction of sp³-hybridized carbons (Fsp3) is 0.583. The lowest BCUT2D eigenvalue weighted by molar-refractivity contribution is -0.108. The Morgan fingerprint density at radius 1 is 1.71 bits per heavy atom. The molecule has 2 atom stereocenters. The summed E-state index contributed by atoms with van der Waals surface area (Å²) in [6, 6.07) is 1.70. The minimum absolute atomic E-state index is 0.0622. The molecule has 1 aliphatic rings. The molecule has 0 aromatic carbocycles. The van der Waals surface area contributed by atoms with Crippen LogP contribution in [0.3, 0.4) is 0 Å². The Hall–Kier alpha value is -0.840. The van der Waals surface area contributed by atoms with E-state index in [0.29, 0.717) is 35.9 Å². The molecule has 0 bridgehead atoms. The van der Waals surface area contributed by atoms with Gasteiger partial charge in [-0.15, -0.1) is 0 Å². The summed E-state index contributed by atoms with van der Waals surface area (Å²) >= 11 is 5.91. The first-order chi connectivity index (χ1) is 8.05. The Morgan fingerprint density at radius 3 is 3.18 bits per heavy atom. The molecular weight excluding hydrogens is 240 g/mol. The Labute approximate surface area is 106 Å². The highest BCUT2D eigenvalue weighted by molar-refractivity contribution is 6.30. The fourth-order valence-corrected chi connectivity index (χ4v) is 2.42. The van der Waals surface area contributed by atoms with Gasteiger partial charge >= 0.3 is 0 Å². The van der Waals surface area contributed by atoms with Crippen LogP contribution in [0.4, 0.5) is 5.82 Å². The molecule has 1 aliphatic heterocycles. The number of rotatable bonds is 2. The molecule has 5 heteroatoms. The van der Waals surface area contributed by atoms with Crippen molar-refractivity contribution in [2.24, 2.45) is 0 Å². The monoisotopic (exact) mass is 256 g/mol. The number of aromatic nitrogens is 1. The van der Waals surface area contributed by atoms with Crippen LogP contribution >= 0.6 is 11.6 Å². The molecular formula is C12H17ClN2O2. The molecule has 1 fully saturated rings. The van der Waals surface area contributed by atoms with Crippen molar-refractivity contribution in [3.63, 3.8) is 0 Å². The number of aliphatic hydroxyl groups is 1. The summed E-state index contributed by atoms with van der Waals surface area (Å²) in [6.45, 7) is 2.57. The molecule has 94 valence electrons. The first kappa shape index (κ1) is 12.6. The van der Waals surface area contributed by atoms with Crippen molar-refractivity contribution in [1.29, 1.82) is 0 Å². The maximum absolute atomic E-state index is 10.7. The second-order valence-corrected chi connectivity index (χ2v) is 4.91. The van der Waals surface area contributed by atoms with Gasteiger partial charge in [-0.05, 0) is 12.5 Å². The van der Waals surface area contributed by atoms with Crippen LogP contribution in [0.15, 0.2) is 12.3 Å². The van der Waals surface area contributed by atoms with Gasteiger partial charge in [-0.1, -0.05) is 18.5 Å². The lowest BCUT2D eigenvalue weighted by Crippen LogP contribution is -2.39. The Morgan fingerprint density at radius 2 is 2.47 bits per heavy atom. The minimum atomic E-state index is -0.971. The van der Waals surface area contributed by atoms with Crippen LogP contribution in [0.5, 0.6) is 0 Å². The van der Waals surface area contributed by atoms with E-state index >= 15 is 0 Å². The maximum Gasteiger partial charge on any atom is 0.129 e. The predicted octanol–water partition coefficient (Wildman–Crippen LogP) is 2.09. The first-order valence-corrected chi connectivity index (χ1v) is 6.18. The summed E-state index contributed by atoms with van der Waals surface area (Å²) in [5.41, 5.74) is 5.47. The van der Waals surface area contributed by atoms with Crippen molar-refractivity contribution in [2.75, 3.05) is 12.3 Å². The van der Waals surface area contributed by atoms with Crippen molar-refractivity contribution in [2.45, 2.75) is 37.9 Å². The number of ether oxygens (including phenoxy) is 1. The molecule has 0 saturated carbocycles. The highest BCUT2D eigenvalue weighted by Gasteiger charge is 2.37.